The van der Waals surface area contributed by atoms with Crippen LogP contribution in [0, 0.1) is 0 Å². The van der Waals surface area contributed by atoms with E-state index >= 15 is 0 Å². The number of thiazole rings is 1. The quantitative estimate of drug-likeness (QED) is 0.619. The summed E-state index contributed by atoms with van der Waals surface area (Å²) in [5, 5.41) is 0. The predicted molar refractivity (Wildman–Crippen MR) is 73.2 cm³/mol. The molecule has 0 spiro atoms. The summed E-state index contributed by atoms with van der Waals surface area (Å²) in [7, 11) is 0. The van der Waals surface area contributed by atoms with E-state index in [1.807, 2.05) is 17.6 Å². The topological polar surface area (TPSA) is 24.9 Å². The highest BCUT2D eigenvalue weighted by molar-refractivity contribution is 14.1. The Morgan fingerprint density at radius 2 is 2.14 bits per heavy atom. The first-order valence-electron chi connectivity index (χ1n) is 4.51. The molecule has 0 amide bonds. The summed E-state index contributed by atoms with van der Waals surface area (Å²) >= 11 is 3.77. The molecule has 76 valence electrons. The fourth-order valence-electron chi connectivity index (χ4n) is 0.917. The van der Waals surface area contributed by atoms with Crippen molar-refractivity contribution < 1.29 is 0 Å². The molecule has 2 rings (SSSR count). The van der Waals surface area contributed by atoms with Gasteiger partial charge in [0.2, 0.25) is 0 Å². The number of hydrogen-bond acceptors (Lipinski definition) is 3. The van der Waals surface area contributed by atoms with E-state index in [-0.39, 0.29) is 0 Å². The van der Waals surface area contributed by atoms with Gasteiger partial charge >= 0.3 is 0 Å². The molecule has 1 aromatic heterocycles. The van der Waals surface area contributed by atoms with Crippen LogP contribution in [0.1, 0.15) is 20.3 Å². The maximum atomic E-state index is 4.20. The zero-order valence-electron chi connectivity index (χ0n) is 8.25. The number of anilines is 1. The fraction of sp³-hybridized carbons (Fsp3) is 0.300. The van der Waals surface area contributed by atoms with E-state index in [9.17, 15) is 0 Å². The van der Waals surface area contributed by atoms with Crippen LogP contribution in [0.25, 0.3) is 10.2 Å². The average molecular weight is 320 g/mol. The van der Waals surface area contributed by atoms with Gasteiger partial charge < -0.3 is 3.53 Å². The Kier molecular flexibility index (Phi) is 5.17. The molecule has 0 aliphatic carbocycles. The monoisotopic (exact) mass is 320 g/mol. The van der Waals surface area contributed by atoms with E-state index in [2.05, 4.69) is 51.3 Å². The third kappa shape index (κ3) is 3.09. The van der Waals surface area contributed by atoms with Crippen LogP contribution in [-0.4, -0.2) is 4.98 Å². The third-order valence-electron chi connectivity index (χ3n) is 1.44. The van der Waals surface area contributed by atoms with Gasteiger partial charge in [-0.2, -0.15) is 0 Å². The van der Waals surface area contributed by atoms with Crippen LogP contribution in [-0.2, 0) is 0 Å². The lowest BCUT2D eigenvalue weighted by atomic mass is 10.3. The average Bonchev–Trinajstić information content (AvgIpc) is 2.65. The van der Waals surface area contributed by atoms with Gasteiger partial charge in [-0.3, -0.25) is 0 Å². The van der Waals surface area contributed by atoms with Gasteiger partial charge in [0.1, 0.15) is 0 Å². The molecule has 0 atom stereocenters. The molecule has 1 heterocycles. The molecule has 2 nitrogen and oxygen atoms in total. The van der Waals surface area contributed by atoms with E-state index < -0.39 is 0 Å². The third-order valence-corrected chi connectivity index (χ3v) is 2.87. The van der Waals surface area contributed by atoms with Crippen LogP contribution < -0.4 is 3.53 Å². The molecule has 4 heteroatoms. The van der Waals surface area contributed by atoms with Crippen molar-refractivity contribution in [2.45, 2.75) is 20.3 Å². The van der Waals surface area contributed by atoms with Gasteiger partial charge in [0.05, 0.1) is 38.6 Å². The predicted octanol–water partition coefficient (Wildman–Crippen LogP) is 4.47. The molecular weight excluding hydrogens is 307 g/mol. The summed E-state index contributed by atoms with van der Waals surface area (Å²) < 4.78 is 4.28. The standard InChI is InChI=1S/C7H5IN2S.C3H8/c8-10-5-1-2-7-6(3-5)9-4-11-7;1-3-2/h1-4,10H;3H2,1-2H3. The Labute approximate surface area is 102 Å². The maximum absolute atomic E-state index is 4.20. The summed E-state index contributed by atoms with van der Waals surface area (Å²) in [5.74, 6) is 0. The summed E-state index contributed by atoms with van der Waals surface area (Å²) in [5.41, 5.74) is 4.03. The van der Waals surface area contributed by atoms with Gasteiger partial charge in [-0.25, -0.2) is 4.98 Å². The zero-order chi connectivity index (χ0) is 10.4. The van der Waals surface area contributed by atoms with Crippen molar-refractivity contribution in [1.82, 2.24) is 4.98 Å². The van der Waals surface area contributed by atoms with Crippen LogP contribution in [0.2, 0.25) is 0 Å². The molecule has 1 N–H and O–H groups in total. The Bertz CT molecular complexity index is 386. The summed E-state index contributed by atoms with van der Waals surface area (Å²) in [6, 6.07) is 6.17. The van der Waals surface area contributed by atoms with Crippen molar-refractivity contribution in [3.8, 4) is 0 Å². The molecule has 0 fully saturated rings. The summed E-state index contributed by atoms with van der Waals surface area (Å²) in [6.45, 7) is 4.25. The van der Waals surface area contributed by atoms with Gasteiger partial charge in [-0.1, -0.05) is 20.3 Å². The zero-order valence-corrected chi connectivity index (χ0v) is 11.2. The number of rotatable bonds is 1. The Morgan fingerprint density at radius 3 is 2.79 bits per heavy atom. The molecule has 0 aliphatic heterocycles. The molecule has 0 radical (unpaired) electrons. The highest BCUT2D eigenvalue weighted by Gasteiger charge is 1.95. The van der Waals surface area contributed by atoms with Crippen LogP contribution in [0.4, 0.5) is 5.69 Å². The van der Waals surface area contributed by atoms with Gasteiger partial charge in [-0.15, -0.1) is 11.3 Å². The van der Waals surface area contributed by atoms with Crippen LogP contribution >= 0.6 is 34.2 Å². The second-order valence-electron chi connectivity index (χ2n) is 2.84. The molecule has 0 aliphatic rings. The first kappa shape index (κ1) is 11.7. The van der Waals surface area contributed by atoms with Crippen LogP contribution in [0.5, 0.6) is 0 Å². The van der Waals surface area contributed by atoms with E-state index in [0.717, 1.165) is 11.2 Å². The van der Waals surface area contributed by atoms with Crippen LogP contribution in [0.15, 0.2) is 23.7 Å². The molecule has 1 aromatic carbocycles. The second kappa shape index (κ2) is 6.19. The number of nitrogens with one attached hydrogen (secondary N) is 1. The maximum Gasteiger partial charge on any atom is 0.0832 e. The number of hydrogen-bond donors (Lipinski definition) is 1. The summed E-state index contributed by atoms with van der Waals surface area (Å²) in [4.78, 5) is 4.20. The minimum absolute atomic E-state index is 1.07. The molecule has 0 saturated carbocycles. The Hall–Kier alpha value is -0.360. The molecule has 2 aromatic rings. The van der Waals surface area contributed by atoms with E-state index in [0.29, 0.717) is 0 Å². The molecule has 0 bridgehead atoms. The van der Waals surface area contributed by atoms with E-state index in [1.165, 1.54) is 11.1 Å². The first-order valence-corrected chi connectivity index (χ1v) is 6.47. The Morgan fingerprint density at radius 1 is 1.43 bits per heavy atom. The normalized spacial score (nSPS) is 9.36. The van der Waals surface area contributed by atoms with Crippen LogP contribution in [0.3, 0.4) is 0 Å². The van der Waals surface area contributed by atoms with Crippen molar-refractivity contribution in [1.29, 1.82) is 0 Å². The summed E-state index contributed by atoms with van der Waals surface area (Å²) in [6.07, 6.45) is 1.25. The Balaban J connectivity index is 0.000000293. The largest absolute Gasteiger partial charge is 0.328 e. The first-order chi connectivity index (χ1) is 6.81. The number of aromatic nitrogens is 1. The van der Waals surface area contributed by atoms with Crippen molar-refractivity contribution in [3.05, 3.63) is 23.7 Å². The van der Waals surface area contributed by atoms with Gasteiger partial charge in [0.25, 0.3) is 0 Å². The lowest BCUT2D eigenvalue weighted by molar-refractivity contribution is 1.09. The van der Waals surface area contributed by atoms with Crippen molar-refractivity contribution in [2.24, 2.45) is 0 Å². The second-order valence-corrected chi connectivity index (χ2v) is 4.26. The van der Waals surface area contributed by atoms with Crippen molar-refractivity contribution in [3.63, 3.8) is 0 Å². The smallest absolute Gasteiger partial charge is 0.0832 e. The van der Waals surface area contributed by atoms with E-state index in [4.69, 9.17) is 0 Å². The fourth-order valence-corrected chi connectivity index (χ4v) is 1.91. The SMILES string of the molecule is CCC.INc1ccc2scnc2c1. The highest BCUT2D eigenvalue weighted by atomic mass is 127. The highest BCUT2D eigenvalue weighted by Crippen LogP contribution is 2.21. The lowest BCUT2D eigenvalue weighted by Gasteiger charge is -1.95. The molecular formula is C10H13IN2S. The van der Waals surface area contributed by atoms with Crippen molar-refractivity contribution >= 4 is 50.1 Å². The van der Waals surface area contributed by atoms with Gasteiger partial charge in [0, 0.05) is 5.69 Å². The molecule has 0 unspecified atom stereocenters. The molecule has 14 heavy (non-hydrogen) atoms. The minimum Gasteiger partial charge on any atom is -0.328 e. The van der Waals surface area contributed by atoms with Crippen molar-refractivity contribution in [2.75, 3.05) is 3.53 Å². The van der Waals surface area contributed by atoms with E-state index in [1.54, 1.807) is 11.3 Å². The van der Waals surface area contributed by atoms with Gasteiger partial charge in [0.15, 0.2) is 0 Å². The lowest BCUT2D eigenvalue weighted by Crippen LogP contribution is -1.77. The van der Waals surface area contributed by atoms with Gasteiger partial charge in [-0.05, 0) is 18.2 Å². The number of nitrogens with zero attached hydrogens (tertiary/aromatic N) is 1. The minimum atomic E-state index is 1.07. The number of benzene rings is 1. The molecule has 0 saturated heterocycles. The number of halogens is 1. The number of fused-ring (bicyclic) bond motifs is 1.